The van der Waals surface area contributed by atoms with Crippen LogP contribution in [0, 0.1) is 0 Å². The molecular formula is C23H24N4O4. The zero-order valence-corrected chi connectivity index (χ0v) is 17.2. The van der Waals surface area contributed by atoms with Crippen LogP contribution in [0.25, 0.3) is 12.2 Å². The van der Waals surface area contributed by atoms with Crippen molar-refractivity contribution in [3.63, 3.8) is 0 Å². The van der Waals surface area contributed by atoms with Crippen molar-refractivity contribution in [2.45, 2.75) is 6.92 Å². The summed E-state index contributed by atoms with van der Waals surface area (Å²) in [6.07, 6.45) is 7.38. The highest BCUT2D eigenvalue weighted by Crippen LogP contribution is 2.18. The van der Waals surface area contributed by atoms with Crippen LogP contribution < -0.4 is 10.4 Å². The van der Waals surface area contributed by atoms with Crippen molar-refractivity contribution in [1.82, 2.24) is 15.4 Å². The van der Waals surface area contributed by atoms with Crippen LogP contribution in [0.2, 0.25) is 0 Å². The third-order valence-electron chi connectivity index (χ3n) is 4.99. The Kier molecular flexibility index (Phi) is 7.29. The molecule has 0 radical (unpaired) electrons. The summed E-state index contributed by atoms with van der Waals surface area (Å²) in [6, 6.07) is 10.9. The molecule has 160 valence electrons. The second kappa shape index (κ2) is 10.3. The maximum Gasteiger partial charge on any atom is 0.267 e. The van der Waals surface area contributed by atoms with Crippen LogP contribution in [-0.4, -0.2) is 58.9 Å². The molecule has 1 aliphatic rings. The second-order valence-electron chi connectivity index (χ2n) is 7.06. The van der Waals surface area contributed by atoms with Gasteiger partial charge in [-0.3, -0.25) is 24.6 Å². The quantitative estimate of drug-likeness (QED) is 0.321. The molecule has 0 bridgehead atoms. The Morgan fingerprint density at radius 3 is 2.26 bits per heavy atom. The SMILES string of the molecule is CC(=O)N1CCN(c2ccc(C(=O)C=Cc3ccc(C=CC(=O)NO)nc3)cc2)CC1. The van der Waals surface area contributed by atoms with Crippen molar-refractivity contribution in [2.24, 2.45) is 0 Å². The van der Waals surface area contributed by atoms with E-state index in [4.69, 9.17) is 5.21 Å². The smallest absolute Gasteiger partial charge is 0.267 e. The lowest BCUT2D eigenvalue weighted by Crippen LogP contribution is -2.48. The van der Waals surface area contributed by atoms with Crippen LogP contribution in [0.5, 0.6) is 0 Å². The van der Waals surface area contributed by atoms with Gasteiger partial charge in [0.1, 0.15) is 0 Å². The highest BCUT2D eigenvalue weighted by molar-refractivity contribution is 6.07. The molecule has 8 heteroatoms. The number of rotatable bonds is 6. The van der Waals surface area contributed by atoms with Crippen LogP contribution in [0.15, 0.2) is 54.7 Å². The number of nitrogens with one attached hydrogen (secondary N) is 1. The first-order chi connectivity index (χ1) is 15.0. The minimum atomic E-state index is -0.638. The fourth-order valence-electron chi connectivity index (χ4n) is 3.20. The van der Waals surface area contributed by atoms with E-state index in [1.165, 1.54) is 17.6 Å². The molecule has 2 heterocycles. The fraction of sp³-hybridized carbons (Fsp3) is 0.217. The van der Waals surface area contributed by atoms with Crippen molar-refractivity contribution < 1.29 is 19.6 Å². The number of anilines is 1. The van der Waals surface area contributed by atoms with Crippen LogP contribution >= 0.6 is 0 Å². The van der Waals surface area contributed by atoms with E-state index in [-0.39, 0.29) is 11.7 Å². The van der Waals surface area contributed by atoms with Gasteiger partial charge in [0.15, 0.2) is 5.78 Å². The number of carbonyl (C=O) groups is 3. The lowest BCUT2D eigenvalue weighted by Gasteiger charge is -2.35. The number of hydrogen-bond donors (Lipinski definition) is 2. The summed E-state index contributed by atoms with van der Waals surface area (Å²) in [7, 11) is 0. The third kappa shape index (κ3) is 6.10. The molecule has 1 fully saturated rings. The van der Waals surface area contributed by atoms with E-state index >= 15 is 0 Å². The van der Waals surface area contributed by atoms with Crippen LogP contribution in [0.3, 0.4) is 0 Å². The summed E-state index contributed by atoms with van der Waals surface area (Å²) in [5, 5.41) is 8.45. The van der Waals surface area contributed by atoms with Gasteiger partial charge in [-0.1, -0.05) is 6.07 Å². The number of amides is 2. The van der Waals surface area contributed by atoms with E-state index in [0.717, 1.165) is 30.4 Å². The molecule has 2 N–H and O–H groups in total. The Hall–Kier alpha value is -3.78. The number of carbonyl (C=O) groups excluding carboxylic acids is 3. The van der Waals surface area contributed by atoms with Crippen molar-refractivity contribution in [1.29, 1.82) is 0 Å². The lowest BCUT2D eigenvalue weighted by atomic mass is 10.1. The van der Waals surface area contributed by atoms with Crippen molar-refractivity contribution in [2.75, 3.05) is 31.1 Å². The van der Waals surface area contributed by atoms with Crippen molar-refractivity contribution in [3.05, 3.63) is 71.6 Å². The van der Waals surface area contributed by atoms with Crippen LogP contribution in [0.4, 0.5) is 5.69 Å². The molecule has 0 aliphatic carbocycles. The van der Waals surface area contributed by atoms with E-state index < -0.39 is 5.91 Å². The first-order valence-corrected chi connectivity index (χ1v) is 9.87. The molecule has 8 nitrogen and oxygen atoms in total. The molecule has 1 saturated heterocycles. The van der Waals surface area contributed by atoms with Crippen LogP contribution in [-0.2, 0) is 9.59 Å². The Balaban J connectivity index is 1.57. The molecule has 0 saturated carbocycles. The maximum absolute atomic E-state index is 12.5. The number of piperazine rings is 1. The Bertz CT molecular complexity index is 989. The molecule has 31 heavy (non-hydrogen) atoms. The number of aromatic nitrogens is 1. The lowest BCUT2D eigenvalue weighted by molar-refractivity contribution is -0.129. The summed E-state index contributed by atoms with van der Waals surface area (Å²) in [6.45, 7) is 4.54. The number of pyridine rings is 1. The average molecular weight is 420 g/mol. The molecular weight excluding hydrogens is 396 g/mol. The van der Waals surface area contributed by atoms with E-state index in [2.05, 4.69) is 9.88 Å². The predicted octanol–water partition coefficient (Wildman–Crippen LogP) is 2.16. The van der Waals surface area contributed by atoms with Gasteiger partial charge in [-0.05, 0) is 54.1 Å². The van der Waals surface area contributed by atoms with Gasteiger partial charge in [-0.25, -0.2) is 5.48 Å². The minimum absolute atomic E-state index is 0.0998. The average Bonchev–Trinajstić information content (AvgIpc) is 2.81. The number of benzene rings is 1. The highest BCUT2D eigenvalue weighted by Gasteiger charge is 2.18. The summed E-state index contributed by atoms with van der Waals surface area (Å²) in [4.78, 5) is 43.1. The number of allylic oxidation sites excluding steroid dienone is 1. The van der Waals surface area contributed by atoms with E-state index in [9.17, 15) is 14.4 Å². The Labute approximate surface area is 180 Å². The molecule has 0 atom stereocenters. The standard InChI is InChI=1S/C23H24N4O4/c1-17(28)26-12-14-27(15-13-26)21-8-4-19(5-9-21)22(29)10-3-18-2-6-20(24-16-18)7-11-23(30)25-31/h2-11,16,31H,12-15H2,1H3,(H,25,30). The molecule has 0 spiro atoms. The normalized spacial score (nSPS) is 14.3. The first kappa shape index (κ1) is 21.9. The first-order valence-electron chi connectivity index (χ1n) is 9.87. The van der Waals surface area contributed by atoms with E-state index in [0.29, 0.717) is 24.3 Å². The fourth-order valence-corrected chi connectivity index (χ4v) is 3.20. The maximum atomic E-state index is 12.5. The molecule has 1 aliphatic heterocycles. The van der Waals surface area contributed by atoms with Gasteiger partial charge < -0.3 is 9.80 Å². The summed E-state index contributed by atoms with van der Waals surface area (Å²) >= 11 is 0. The number of hydroxylamine groups is 1. The molecule has 0 unspecified atom stereocenters. The third-order valence-corrected chi connectivity index (χ3v) is 4.99. The van der Waals surface area contributed by atoms with Gasteiger partial charge >= 0.3 is 0 Å². The minimum Gasteiger partial charge on any atom is -0.368 e. The van der Waals surface area contributed by atoms with Gasteiger partial charge in [0.2, 0.25) is 5.91 Å². The van der Waals surface area contributed by atoms with E-state index in [1.807, 2.05) is 17.0 Å². The van der Waals surface area contributed by atoms with Gasteiger partial charge in [0.25, 0.3) is 5.91 Å². The molecule has 1 aromatic heterocycles. The van der Waals surface area contributed by atoms with Crippen molar-refractivity contribution >= 4 is 35.4 Å². The van der Waals surface area contributed by atoms with Gasteiger partial charge in [-0.15, -0.1) is 0 Å². The number of nitrogens with zero attached hydrogens (tertiary/aromatic N) is 3. The zero-order chi connectivity index (χ0) is 22.2. The molecule has 2 aromatic rings. The Morgan fingerprint density at radius 2 is 1.68 bits per heavy atom. The summed E-state index contributed by atoms with van der Waals surface area (Å²) < 4.78 is 0. The van der Waals surface area contributed by atoms with Gasteiger partial charge in [-0.2, -0.15) is 0 Å². The predicted molar refractivity (Wildman–Crippen MR) is 117 cm³/mol. The largest absolute Gasteiger partial charge is 0.368 e. The number of ketones is 1. The Morgan fingerprint density at radius 1 is 0.968 bits per heavy atom. The summed E-state index contributed by atoms with van der Waals surface area (Å²) in [5.74, 6) is -0.653. The second-order valence-corrected chi connectivity index (χ2v) is 7.06. The molecule has 1 aromatic carbocycles. The molecule has 2 amide bonds. The van der Waals surface area contributed by atoms with Crippen LogP contribution in [0.1, 0.15) is 28.5 Å². The zero-order valence-electron chi connectivity index (χ0n) is 17.2. The number of hydrogen-bond acceptors (Lipinski definition) is 6. The van der Waals surface area contributed by atoms with Gasteiger partial charge in [0.05, 0.1) is 5.69 Å². The van der Waals surface area contributed by atoms with Crippen molar-refractivity contribution in [3.8, 4) is 0 Å². The molecule has 3 rings (SSSR count). The van der Waals surface area contributed by atoms with Gasteiger partial charge in [0, 0.05) is 56.6 Å². The topological polar surface area (TPSA) is 103 Å². The summed E-state index contributed by atoms with van der Waals surface area (Å²) in [5.41, 5.74) is 4.42. The highest BCUT2D eigenvalue weighted by atomic mass is 16.5. The van der Waals surface area contributed by atoms with E-state index in [1.54, 1.807) is 43.5 Å². The monoisotopic (exact) mass is 420 g/mol.